The van der Waals surface area contributed by atoms with Crippen LogP contribution in [0.2, 0.25) is 0 Å². The summed E-state index contributed by atoms with van der Waals surface area (Å²) in [6.07, 6.45) is 12.4. The third-order valence-corrected chi connectivity index (χ3v) is 7.46. The van der Waals surface area contributed by atoms with Crippen LogP contribution in [-0.4, -0.2) is 14.5 Å². The number of pyridine rings is 1. The lowest BCUT2D eigenvalue weighted by Gasteiger charge is -2.33. The molecule has 4 aromatic rings. The summed E-state index contributed by atoms with van der Waals surface area (Å²) in [7, 11) is 0. The average molecular weight is 397 g/mol. The maximum absolute atomic E-state index is 11.5. The minimum absolute atomic E-state index is 0.329. The summed E-state index contributed by atoms with van der Waals surface area (Å²) in [5, 5.41) is 14.2. The molecule has 2 saturated carbocycles. The number of rotatable bonds is 4. The molecular weight excluding hydrogens is 368 g/mol. The number of aromatic nitrogens is 2. The van der Waals surface area contributed by atoms with Crippen LogP contribution in [-0.2, 0) is 0 Å². The molecular formula is C27H28N2O. The highest BCUT2D eigenvalue weighted by atomic mass is 16.3. The molecule has 0 unspecified atom stereocenters. The molecule has 2 aliphatic rings. The van der Waals surface area contributed by atoms with Crippen LogP contribution in [0.15, 0.2) is 67.3 Å². The number of hydrogen-bond donors (Lipinski definition) is 1. The van der Waals surface area contributed by atoms with E-state index >= 15 is 0 Å². The third-order valence-electron chi connectivity index (χ3n) is 7.46. The van der Waals surface area contributed by atoms with Crippen molar-refractivity contribution in [3.05, 3.63) is 83.9 Å². The van der Waals surface area contributed by atoms with E-state index in [0.717, 1.165) is 36.8 Å². The van der Waals surface area contributed by atoms with Crippen LogP contribution in [0.25, 0.3) is 16.3 Å². The van der Waals surface area contributed by atoms with Crippen molar-refractivity contribution in [2.45, 2.75) is 56.5 Å². The van der Waals surface area contributed by atoms with Crippen LogP contribution < -0.4 is 0 Å². The van der Waals surface area contributed by atoms with Crippen molar-refractivity contribution in [1.82, 2.24) is 9.38 Å². The van der Waals surface area contributed by atoms with Gasteiger partial charge in [0.2, 0.25) is 0 Å². The van der Waals surface area contributed by atoms with Gasteiger partial charge in [-0.05, 0) is 84.2 Å². The van der Waals surface area contributed by atoms with E-state index in [-0.39, 0.29) is 0 Å². The fourth-order valence-electron chi connectivity index (χ4n) is 5.69. The minimum Gasteiger partial charge on any atom is -0.388 e. The highest BCUT2D eigenvalue weighted by molar-refractivity contribution is 5.86. The lowest BCUT2D eigenvalue weighted by atomic mass is 9.74. The van der Waals surface area contributed by atoms with Crippen LogP contribution in [0.4, 0.5) is 0 Å². The molecule has 1 N–H and O–H groups in total. The molecule has 0 saturated heterocycles. The Balaban J connectivity index is 1.27. The van der Waals surface area contributed by atoms with Gasteiger partial charge >= 0.3 is 0 Å². The predicted molar refractivity (Wildman–Crippen MR) is 121 cm³/mol. The molecule has 2 heterocycles. The normalized spacial score (nSPS) is 23.1. The largest absolute Gasteiger partial charge is 0.388 e. The third kappa shape index (κ3) is 3.04. The van der Waals surface area contributed by atoms with E-state index in [0.29, 0.717) is 17.8 Å². The second-order valence-corrected chi connectivity index (χ2v) is 9.27. The fraction of sp³-hybridized carbons (Fsp3) is 0.370. The summed E-state index contributed by atoms with van der Waals surface area (Å²) in [6, 6.07) is 17.7. The van der Waals surface area contributed by atoms with E-state index in [1.54, 1.807) is 0 Å². The van der Waals surface area contributed by atoms with Gasteiger partial charge in [-0.25, -0.2) is 4.98 Å². The number of fused-ring (bicyclic) bond motifs is 2. The van der Waals surface area contributed by atoms with Gasteiger partial charge in [-0.1, -0.05) is 42.5 Å². The van der Waals surface area contributed by atoms with Crippen molar-refractivity contribution in [3.63, 3.8) is 0 Å². The van der Waals surface area contributed by atoms with Crippen LogP contribution >= 0.6 is 0 Å². The molecule has 0 radical (unpaired) electrons. The fourth-order valence-corrected chi connectivity index (χ4v) is 5.69. The van der Waals surface area contributed by atoms with Crippen molar-refractivity contribution >= 4 is 16.3 Å². The molecule has 0 aliphatic heterocycles. The predicted octanol–water partition coefficient (Wildman–Crippen LogP) is 6.37. The minimum atomic E-state index is -0.394. The van der Waals surface area contributed by atoms with Gasteiger partial charge in [0.15, 0.2) is 0 Å². The van der Waals surface area contributed by atoms with Gasteiger partial charge in [0.05, 0.1) is 24.1 Å². The Labute approximate surface area is 177 Å². The highest BCUT2D eigenvalue weighted by Gasteiger charge is 2.34. The SMILES string of the molecule is O[C@@H](c1c(C2CC2)ccn2cncc12)C1CCC(c2cccc3ccccc23)CC1. The quantitative estimate of drug-likeness (QED) is 0.435. The Bertz CT molecular complexity index is 1190. The maximum atomic E-state index is 11.5. The number of nitrogens with zero attached hydrogens (tertiary/aromatic N) is 2. The molecule has 152 valence electrons. The van der Waals surface area contributed by atoms with Crippen molar-refractivity contribution in [1.29, 1.82) is 0 Å². The van der Waals surface area contributed by atoms with Crippen LogP contribution in [0.5, 0.6) is 0 Å². The summed E-state index contributed by atoms with van der Waals surface area (Å²) < 4.78 is 2.06. The summed E-state index contributed by atoms with van der Waals surface area (Å²) >= 11 is 0. The maximum Gasteiger partial charge on any atom is 0.0992 e. The number of hydrogen-bond acceptors (Lipinski definition) is 2. The second-order valence-electron chi connectivity index (χ2n) is 9.27. The molecule has 30 heavy (non-hydrogen) atoms. The Kier molecular flexibility index (Phi) is 4.38. The summed E-state index contributed by atoms with van der Waals surface area (Å²) in [5.74, 6) is 1.55. The summed E-state index contributed by atoms with van der Waals surface area (Å²) in [5.41, 5.74) is 5.07. The highest BCUT2D eigenvalue weighted by Crippen LogP contribution is 2.48. The van der Waals surface area contributed by atoms with E-state index in [9.17, 15) is 5.11 Å². The molecule has 0 bridgehead atoms. The van der Waals surface area contributed by atoms with Crippen LogP contribution in [0.1, 0.15) is 73.2 Å². The molecule has 2 aromatic carbocycles. The summed E-state index contributed by atoms with van der Waals surface area (Å²) in [6.45, 7) is 0. The van der Waals surface area contributed by atoms with Gasteiger partial charge in [-0.2, -0.15) is 0 Å². The molecule has 1 atom stereocenters. The zero-order valence-electron chi connectivity index (χ0n) is 17.2. The number of aliphatic hydroxyl groups excluding tert-OH is 1. The zero-order chi connectivity index (χ0) is 20.1. The van der Waals surface area contributed by atoms with Gasteiger partial charge in [-0.3, -0.25) is 0 Å². The van der Waals surface area contributed by atoms with Gasteiger partial charge in [0, 0.05) is 11.8 Å². The first kappa shape index (κ1) is 18.1. The molecule has 2 aromatic heterocycles. The molecule has 0 amide bonds. The van der Waals surface area contributed by atoms with E-state index in [1.165, 1.54) is 34.7 Å². The lowest BCUT2D eigenvalue weighted by Crippen LogP contribution is -2.21. The van der Waals surface area contributed by atoms with Crippen molar-refractivity contribution < 1.29 is 5.11 Å². The number of aliphatic hydroxyl groups is 1. The van der Waals surface area contributed by atoms with E-state index in [2.05, 4.69) is 64.1 Å². The Morgan fingerprint density at radius 1 is 0.833 bits per heavy atom. The zero-order valence-corrected chi connectivity index (χ0v) is 17.2. The van der Waals surface area contributed by atoms with Crippen molar-refractivity contribution in [2.75, 3.05) is 0 Å². The van der Waals surface area contributed by atoms with Crippen LogP contribution in [0, 0.1) is 5.92 Å². The molecule has 6 rings (SSSR count). The number of imidazole rings is 1. The first-order valence-electron chi connectivity index (χ1n) is 11.4. The molecule has 0 spiro atoms. The average Bonchev–Trinajstić information content (AvgIpc) is 3.54. The molecule has 3 nitrogen and oxygen atoms in total. The second kappa shape index (κ2) is 7.24. The topological polar surface area (TPSA) is 37.5 Å². The van der Waals surface area contributed by atoms with Gasteiger partial charge < -0.3 is 9.51 Å². The smallest absolute Gasteiger partial charge is 0.0992 e. The Hall–Kier alpha value is -2.65. The Morgan fingerprint density at radius 3 is 2.40 bits per heavy atom. The van der Waals surface area contributed by atoms with E-state index in [1.807, 2.05) is 12.5 Å². The number of benzene rings is 2. The summed E-state index contributed by atoms with van der Waals surface area (Å²) in [4.78, 5) is 4.34. The van der Waals surface area contributed by atoms with Crippen molar-refractivity contribution in [2.24, 2.45) is 5.92 Å². The first-order valence-corrected chi connectivity index (χ1v) is 11.4. The molecule has 2 fully saturated rings. The van der Waals surface area contributed by atoms with E-state index in [4.69, 9.17) is 0 Å². The van der Waals surface area contributed by atoms with Gasteiger partial charge in [0.1, 0.15) is 0 Å². The van der Waals surface area contributed by atoms with Gasteiger partial charge in [0.25, 0.3) is 0 Å². The van der Waals surface area contributed by atoms with Crippen molar-refractivity contribution in [3.8, 4) is 0 Å². The monoisotopic (exact) mass is 396 g/mol. The van der Waals surface area contributed by atoms with E-state index < -0.39 is 6.10 Å². The van der Waals surface area contributed by atoms with Gasteiger partial charge in [-0.15, -0.1) is 0 Å². The standard InChI is InChI=1S/C27H28N2O/c30-27(26-24(20-8-9-20)14-15-29-17-28-16-25(26)29)21-12-10-19(11-13-21)23-7-3-5-18-4-1-2-6-22(18)23/h1-7,14-17,19-21,27,30H,8-13H2/t19?,21?,27-/m1/s1. The lowest BCUT2D eigenvalue weighted by molar-refractivity contribution is 0.0811. The molecule has 3 heteroatoms. The molecule has 2 aliphatic carbocycles. The first-order chi connectivity index (χ1) is 14.8. The Morgan fingerprint density at radius 2 is 1.57 bits per heavy atom. The van der Waals surface area contributed by atoms with Crippen LogP contribution in [0.3, 0.4) is 0 Å².